The third kappa shape index (κ3) is 5.00. The molecule has 0 radical (unpaired) electrons. The van der Waals surface area contributed by atoms with E-state index >= 15 is 0 Å². The molecular formula is C29H36FNO6. The van der Waals surface area contributed by atoms with E-state index < -0.39 is 17.1 Å². The molecule has 8 heteroatoms. The highest BCUT2D eigenvalue weighted by atomic mass is 19.1. The average molecular weight is 514 g/mol. The van der Waals surface area contributed by atoms with Crippen molar-refractivity contribution in [1.82, 2.24) is 4.90 Å². The lowest BCUT2D eigenvalue weighted by Crippen LogP contribution is -2.51. The highest BCUT2D eigenvalue weighted by Gasteiger charge is 2.55. The second-order valence-electron chi connectivity index (χ2n) is 10.4. The van der Waals surface area contributed by atoms with Gasteiger partial charge in [-0.1, -0.05) is 19.1 Å². The predicted molar refractivity (Wildman–Crippen MR) is 135 cm³/mol. The Morgan fingerprint density at radius 3 is 2.38 bits per heavy atom. The summed E-state index contributed by atoms with van der Waals surface area (Å²) in [5.41, 5.74) is 2.36. The minimum Gasteiger partial charge on any atom is -0.497 e. The number of hydrogen-bond donors (Lipinski definition) is 0. The molecule has 2 spiro atoms. The molecule has 2 aliphatic heterocycles. The molecule has 0 aromatic heterocycles. The molecule has 2 aromatic rings. The molecule has 2 heterocycles. The summed E-state index contributed by atoms with van der Waals surface area (Å²) in [6.07, 6.45) is 2.78. The van der Waals surface area contributed by atoms with Crippen LogP contribution in [-0.4, -0.2) is 57.2 Å². The Morgan fingerprint density at radius 1 is 1.03 bits per heavy atom. The third-order valence-corrected chi connectivity index (χ3v) is 7.96. The number of hydrogen-bond acceptors (Lipinski definition) is 6. The number of benzene rings is 2. The fourth-order valence-electron chi connectivity index (χ4n) is 6.02. The lowest BCUT2D eigenvalue weighted by Gasteiger charge is -2.47. The van der Waals surface area contributed by atoms with E-state index in [4.69, 9.17) is 23.7 Å². The van der Waals surface area contributed by atoms with E-state index in [9.17, 15) is 9.18 Å². The van der Waals surface area contributed by atoms with Crippen molar-refractivity contribution in [1.29, 1.82) is 0 Å². The molecule has 1 atom stereocenters. The second-order valence-corrected chi connectivity index (χ2v) is 10.4. The van der Waals surface area contributed by atoms with Gasteiger partial charge in [0.15, 0.2) is 5.79 Å². The predicted octanol–water partition coefficient (Wildman–Crippen LogP) is 4.80. The molecule has 1 saturated carbocycles. The van der Waals surface area contributed by atoms with Crippen molar-refractivity contribution in [2.45, 2.75) is 57.1 Å². The van der Waals surface area contributed by atoms with E-state index in [-0.39, 0.29) is 18.4 Å². The van der Waals surface area contributed by atoms with Crippen molar-refractivity contribution in [3.05, 3.63) is 64.5 Å². The van der Waals surface area contributed by atoms with Gasteiger partial charge >= 0.3 is 0 Å². The quantitative estimate of drug-likeness (QED) is 0.480. The van der Waals surface area contributed by atoms with Crippen LogP contribution in [0, 0.1) is 11.7 Å². The Bertz CT molecular complexity index is 1100. The van der Waals surface area contributed by atoms with Crippen LogP contribution in [0.5, 0.6) is 5.75 Å². The molecule has 0 N–H and O–H groups in total. The monoisotopic (exact) mass is 513 g/mol. The number of carbonyl (C=O) groups excluding carboxylic acids is 1. The number of halogens is 1. The van der Waals surface area contributed by atoms with Gasteiger partial charge in [0.05, 0.1) is 45.7 Å². The van der Waals surface area contributed by atoms with Gasteiger partial charge in [0.25, 0.3) is 5.91 Å². The summed E-state index contributed by atoms with van der Waals surface area (Å²) in [6, 6.07) is 11.0. The Kier molecular flexibility index (Phi) is 7.54. The van der Waals surface area contributed by atoms with Gasteiger partial charge in [-0.25, -0.2) is 4.39 Å². The fourth-order valence-corrected chi connectivity index (χ4v) is 6.02. The number of carbonyl (C=O) groups is 1. The number of nitrogens with zero attached hydrogens (tertiary/aromatic N) is 1. The van der Waals surface area contributed by atoms with Gasteiger partial charge in [0.2, 0.25) is 0 Å². The smallest absolute Gasteiger partial charge is 0.255 e. The summed E-state index contributed by atoms with van der Waals surface area (Å²) >= 11 is 0. The number of fused-ring (bicyclic) bond motifs is 2. The Morgan fingerprint density at radius 2 is 1.73 bits per heavy atom. The van der Waals surface area contributed by atoms with E-state index in [0.717, 1.165) is 16.9 Å². The molecule has 2 fully saturated rings. The van der Waals surface area contributed by atoms with E-state index in [1.54, 1.807) is 14.2 Å². The second kappa shape index (κ2) is 10.7. The maximum absolute atomic E-state index is 14.8. The van der Waals surface area contributed by atoms with Gasteiger partial charge in [0.1, 0.15) is 11.6 Å². The van der Waals surface area contributed by atoms with E-state index in [0.29, 0.717) is 69.8 Å². The van der Waals surface area contributed by atoms with Crippen molar-refractivity contribution in [2.75, 3.05) is 40.6 Å². The molecule has 0 unspecified atom stereocenters. The summed E-state index contributed by atoms with van der Waals surface area (Å²) < 4.78 is 43.2. The molecule has 5 rings (SSSR count). The minimum atomic E-state index is -0.564. The van der Waals surface area contributed by atoms with Gasteiger partial charge in [-0.05, 0) is 54.2 Å². The lowest BCUT2D eigenvalue weighted by molar-refractivity contribution is -0.193. The fraction of sp³-hybridized carbons (Fsp3) is 0.552. The summed E-state index contributed by atoms with van der Waals surface area (Å²) in [5.74, 6) is -0.194. The van der Waals surface area contributed by atoms with Gasteiger partial charge in [-0.3, -0.25) is 4.79 Å². The molecule has 7 nitrogen and oxygen atoms in total. The van der Waals surface area contributed by atoms with Crippen molar-refractivity contribution in [3.8, 4) is 5.75 Å². The zero-order chi connectivity index (χ0) is 26.0. The molecule has 3 aliphatic rings. The standard InChI is InChI=1S/C29H36FNO6/c1-20(17-35-18-21-4-6-23(34-3)7-5-21)16-31-27(32)24-15-26(30)22(19-33-2)14-25(24)28(31)8-10-29(11-9-28)36-12-13-37-29/h4-7,14-15,20H,8-13,16-19H2,1-3H3/t20-/m1/s1. The number of rotatable bonds is 9. The molecule has 37 heavy (non-hydrogen) atoms. The molecule has 1 aliphatic carbocycles. The first kappa shape index (κ1) is 26.1. The van der Waals surface area contributed by atoms with Crippen LogP contribution < -0.4 is 4.74 Å². The first-order valence-electron chi connectivity index (χ1n) is 13.0. The van der Waals surface area contributed by atoms with E-state index in [1.807, 2.05) is 35.2 Å². The lowest BCUT2D eigenvalue weighted by atomic mass is 9.73. The highest BCUT2D eigenvalue weighted by Crippen LogP contribution is 2.53. The van der Waals surface area contributed by atoms with Crippen LogP contribution in [0.3, 0.4) is 0 Å². The summed E-state index contributed by atoms with van der Waals surface area (Å²) in [4.78, 5) is 15.7. The van der Waals surface area contributed by atoms with Gasteiger partial charge in [0, 0.05) is 37.6 Å². The van der Waals surface area contributed by atoms with Crippen LogP contribution >= 0.6 is 0 Å². The van der Waals surface area contributed by atoms with E-state index in [1.165, 1.54) is 6.07 Å². The van der Waals surface area contributed by atoms with Crippen LogP contribution in [0.2, 0.25) is 0 Å². The Balaban J connectivity index is 1.33. The molecule has 200 valence electrons. The molecular weight excluding hydrogens is 477 g/mol. The third-order valence-electron chi connectivity index (χ3n) is 7.96. The normalized spacial score (nSPS) is 20.5. The first-order valence-corrected chi connectivity index (χ1v) is 13.0. The maximum Gasteiger partial charge on any atom is 0.255 e. The van der Waals surface area contributed by atoms with Crippen molar-refractivity contribution < 1.29 is 32.9 Å². The Hall–Kier alpha value is -2.52. The highest BCUT2D eigenvalue weighted by molar-refractivity contribution is 6.00. The van der Waals surface area contributed by atoms with E-state index in [2.05, 4.69) is 6.92 Å². The number of methoxy groups -OCH3 is 2. The van der Waals surface area contributed by atoms with Crippen LogP contribution in [0.25, 0.3) is 0 Å². The van der Waals surface area contributed by atoms with Crippen molar-refractivity contribution in [3.63, 3.8) is 0 Å². The van der Waals surface area contributed by atoms with Crippen molar-refractivity contribution in [2.24, 2.45) is 5.92 Å². The summed E-state index contributed by atoms with van der Waals surface area (Å²) in [6.45, 7) is 4.94. The maximum atomic E-state index is 14.8. The zero-order valence-electron chi connectivity index (χ0n) is 21.9. The molecule has 1 amide bonds. The topological polar surface area (TPSA) is 66.5 Å². The molecule has 0 bridgehead atoms. The van der Waals surface area contributed by atoms with Gasteiger partial charge < -0.3 is 28.6 Å². The number of ether oxygens (including phenoxy) is 5. The van der Waals surface area contributed by atoms with Crippen LogP contribution in [-0.2, 0) is 37.7 Å². The largest absolute Gasteiger partial charge is 0.497 e. The summed E-state index contributed by atoms with van der Waals surface area (Å²) in [5, 5.41) is 0. The molecule has 1 saturated heterocycles. The average Bonchev–Trinajstić information content (AvgIpc) is 3.44. The minimum absolute atomic E-state index is 0.0894. The Labute approximate surface area is 217 Å². The molecule has 2 aromatic carbocycles. The van der Waals surface area contributed by atoms with Crippen molar-refractivity contribution >= 4 is 5.91 Å². The number of amides is 1. The van der Waals surface area contributed by atoms with Gasteiger partial charge in [-0.15, -0.1) is 0 Å². The SMILES string of the molecule is COCc1cc2c(cc1F)C(=O)N(C[C@@H](C)COCc1ccc(OC)cc1)C21CCC2(CC1)OCCO2. The van der Waals surface area contributed by atoms with Crippen LogP contribution in [0.15, 0.2) is 36.4 Å². The first-order chi connectivity index (χ1) is 17.9. The van der Waals surface area contributed by atoms with Crippen LogP contribution in [0.4, 0.5) is 4.39 Å². The summed E-state index contributed by atoms with van der Waals surface area (Å²) in [7, 11) is 3.19. The zero-order valence-corrected chi connectivity index (χ0v) is 21.9. The van der Waals surface area contributed by atoms with Gasteiger partial charge in [-0.2, -0.15) is 0 Å². The van der Waals surface area contributed by atoms with Crippen LogP contribution in [0.1, 0.15) is 59.7 Å².